The van der Waals surface area contributed by atoms with E-state index in [0.717, 1.165) is 23.8 Å². The van der Waals surface area contributed by atoms with Crippen LogP contribution in [0.2, 0.25) is 0 Å². The molecule has 0 aliphatic rings. The summed E-state index contributed by atoms with van der Waals surface area (Å²) in [6.45, 7) is 5.96. The van der Waals surface area contributed by atoms with Crippen LogP contribution in [0.3, 0.4) is 0 Å². The largest absolute Gasteiger partial charge is 0.481 e. The van der Waals surface area contributed by atoms with E-state index >= 15 is 4.39 Å². The van der Waals surface area contributed by atoms with Crippen LogP contribution in [0.4, 0.5) is 8.78 Å². The number of carboxylic acid groups (broad SMARTS) is 3. The molecule has 2 aromatic carbocycles. The molecule has 0 bridgehead atoms. The first kappa shape index (κ1) is 60.0. The predicted molar refractivity (Wildman–Crippen MR) is 260 cm³/mol. The molecule has 3 aromatic rings. The lowest BCUT2D eigenvalue weighted by atomic mass is 9.82. The number of amides is 7. The molecule has 0 spiro atoms. The summed E-state index contributed by atoms with van der Waals surface area (Å²) < 4.78 is 31.6. The topological polar surface area (TPSA) is 332 Å². The third-order valence-corrected chi connectivity index (χ3v) is 11.6. The fourth-order valence-corrected chi connectivity index (χ4v) is 7.72. The number of aromatic nitrogens is 1. The highest BCUT2D eigenvalue weighted by atomic mass is 79.9. The van der Waals surface area contributed by atoms with Crippen LogP contribution in [-0.4, -0.2) is 144 Å². The molecule has 0 fully saturated rings. The molecule has 398 valence electrons. The second kappa shape index (κ2) is 28.1. The molecule has 0 unspecified atom stereocenters. The molecule has 6 atom stereocenters. The number of hydrogen-bond acceptors (Lipinski definition) is 11. The molecule has 7 amide bonds. The predicted octanol–water partition coefficient (Wildman–Crippen LogP) is 1.57. The first-order valence-electron chi connectivity index (χ1n) is 22.9. The summed E-state index contributed by atoms with van der Waals surface area (Å²) in [4.78, 5) is 129. The van der Waals surface area contributed by atoms with Crippen molar-refractivity contribution in [3.63, 3.8) is 0 Å². The molecule has 1 heterocycles. The van der Waals surface area contributed by atoms with E-state index in [9.17, 15) is 67.7 Å². The van der Waals surface area contributed by atoms with Crippen molar-refractivity contribution >= 4 is 75.2 Å². The average Bonchev–Trinajstić information content (AvgIpc) is 3.72. The number of halogens is 3. The fraction of sp³-hybridized carbons (Fsp3) is 0.458. The standard InChI is InChI=1S/C48H61BrF2N8O14/c1-26(53-38(62)22-49)43(68)54-27(2)44(69)57-35(21-41(66)67)46(71)56-33(45(70)52-17-15-37(61)55-34(47(72)73)13-14-40(64)65)16-18-59(39(63)25-60)42(48(3,4)5)36-19-29(31-20-30(50)11-12-32(31)51)24-58(36)23-28-9-7-6-8-10-28/h6-12,19-20,24,26-27,33-35,42,60H,13-18,21-23,25H2,1-5H3,(H,52,70)(H,53,62)(H,54,68)(H,55,61)(H,56,71)(H,57,69)(H,64,65)(H,66,67)(H,72,73)/t26-,27+,33-,34+,35-,42-/m0/s1. The van der Waals surface area contributed by atoms with Crippen LogP contribution in [0.5, 0.6) is 0 Å². The van der Waals surface area contributed by atoms with Gasteiger partial charge in [0.15, 0.2) is 0 Å². The number of aliphatic hydroxyl groups is 1. The van der Waals surface area contributed by atoms with Gasteiger partial charge in [-0.3, -0.25) is 43.2 Å². The van der Waals surface area contributed by atoms with Gasteiger partial charge in [0.05, 0.1) is 17.8 Å². The summed E-state index contributed by atoms with van der Waals surface area (Å²) in [6.07, 6.45) is -1.57. The Labute approximate surface area is 427 Å². The van der Waals surface area contributed by atoms with Crippen molar-refractivity contribution in [3.05, 3.63) is 83.7 Å². The first-order valence-corrected chi connectivity index (χ1v) is 24.0. The van der Waals surface area contributed by atoms with Crippen LogP contribution in [0, 0.1) is 17.0 Å². The number of carbonyl (C=O) groups is 10. The van der Waals surface area contributed by atoms with Gasteiger partial charge in [-0.25, -0.2) is 13.6 Å². The normalized spacial score (nSPS) is 13.7. The van der Waals surface area contributed by atoms with Gasteiger partial charge in [0.2, 0.25) is 41.4 Å². The van der Waals surface area contributed by atoms with E-state index in [4.69, 9.17) is 5.11 Å². The van der Waals surface area contributed by atoms with E-state index < -0.39 is 164 Å². The van der Waals surface area contributed by atoms with E-state index in [0.29, 0.717) is 5.69 Å². The highest BCUT2D eigenvalue weighted by Gasteiger charge is 2.39. The van der Waals surface area contributed by atoms with E-state index in [-0.39, 0.29) is 23.0 Å². The van der Waals surface area contributed by atoms with Crippen LogP contribution in [-0.2, 0) is 54.5 Å². The number of aliphatic hydroxyl groups excluding tert-OH is 1. The third-order valence-electron chi connectivity index (χ3n) is 11.1. The second-order valence-corrected chi connectivity index (χ2v) is 18.6. The Balaban J connectivity index is 2.06. The maximum absolute atomic E-state index is 15.3. The Kier molecular flexibility index (Phi) is 23.1. The second-order valence-electron chi connectivity index (χ2n) is 18.0. The number of carboxylic acids is 3. The molecule has 0 radical (unpaired) electrons. The molecule has 3 rings (SSSR count). The van der Waals surface area contributed by atoms with Crippen molar-refractivity contribution in [2.75, 3.05) is 25.0 Å². The van der Waals surface area contributed by atoms with Crippen LogP contribution < -0.4 is 31.9 Å². The monoisotopic (exact) mass is 1090 g/mol. The summed E-state index contributed by atoms with van der Waals surface area (Å²) >= 11 is 2.95. The lowest BCUT2D eigenvalue weighted by Gasteiger charge is -2.41. The number of benzene rings is 2. The molecule has 73 heavy (non-hydrogen) atoms. The summed E-state index contributed by atoms with van der Waals surface area (Å²) in [6, 6.07) is 4.74. The van der Waals surface area contributed by atoms with E-state index in [1.165, 1.54) is 18.7 Å². The van der Waals surface area contributed by atoms with Crippen LogP contribution in [0.1, 0.15) is 84.0 Å². The zero-order chi connectivity index (χ0) is 54.7. The first-order chi connectivity index (χ1) is 34.2. The Bertz CT molecular complexity index is 2490. The van der Waals surface area contributed by atoms with E-state index in [1.807, 2.05) is 12.1 Å². The molecule has 22 nitrogen and oxygen atoms in total. The lowest BCUT2D eigenvalue weighted by Crippen LogP contribution is -2.58. The maximum Gasteiger partial charge on any atom is 0.326 e. The minimum atomic E-state index is -1.91. The summed E-state index contributed by atoms with van der Waals surface area (Å²) in [5, 5.41) is 52.4. The molecule has 10 N–H and O–H groups in total. The highest BCUT2D eigenvalue weighted by Crippen LogP contribution is 2.41. The van der Waals surface area contributed by atoms with Gasteiger partial charge in [-0.1, -0.05) is 67.0 Å². The number of nitrogens with zero attached hydrogens (tertiary/aromatic N) is 2. The molecule has 0 saturated carbocycles. The Hall–Kier alpha value is -7.28. The lowest BCUT2D eigenvalue weighted by molar-refractivity contribution is -0.143. The fourth-order valence-electron chi connectivity index (χ4n) is 7.55. The van der Waals surface area contributed by atoms with Crippen molar-refractivity contribution < 1.29 is 77.2 Å². The van der Waals surface area contributed by atoms with Gasteiger partial charge in [0.1, 0.15) is 48.5 Å². The van der Waals surface area contributed by atoms with Gasteiger partial charge in [-0.2, -0.15) is 0 Å². The maximum atomic E-state index is 15.3. The van der Waals surface area contributed by atoms with Gasteiger partial charge in [-0.15, -0.1) is 0 Å². The van der Waals surface area contributed by atoms with Gasteiger partial charge >= 0.3 is 17.9 Å². The van der Waals surface area contributed by atoms with Crippen molar-refractivity contribution in [2.24, 2.45) is 5.41 Å². The molecule has 1 aromatic heterocycles. The van der Waals surface area contributed by atoms with Crippen molar-refractivity contribution in [2.45, 2.75) is 110 Å². The molecule has 0 aliphatic carbocycles. The van der Waals surface area contributed by atoms with E-state index in [1.54, 1.807) is 55.8 Å². The van der Waals surface area contributed by atoms with E-state index in [2.05, 4.69) is 47.8 Å². The summed E-state index contributed by atoms with van der Waals surface area (Å²) in [5.41, 5.74) is 0.345. The molecular formula is C48H61BrF2N8O14. The van der Waals surface area contributed by atoms with Gasteiger partial charge < -0.3 is 61.8 Å². The minimum Gasteiger partial charge on any atom is -0.481 e. The Morgan fingerprint density at radius 3 is 1.93 bits per heavy atom. The number of carbonyl (C=O) groups excluding carboxylic acids is 7. The zero-order valence-corrected chi connectivity index (χ0v) is 42.3. The zero-order valence-electron chi connectivity index (χ0n) is 40.7. The number of alkyl halides is 1. The van der Waals surface area contributed by atoms with Gasteiger partial charge in [0, 0.05) is 55.5 Å². The van der Waals surface area contributed by atoms with Crippen molar-refractivity contribution in [1.82, 2.24) is 41.4 Å². The quantitative estimate of drug-likeness (QED) is 0.0462. The van der Waals surface area contributed by atoms with Crippen LogP contribution >= 0.6 is 15.9 Å². The summed E-state index contributed by atoms with van der Waals surface area (Å²) in [5.74, 6) is -12.3. The number of aliphatic carboxylic acids is 3. The smallest absolute Gasteiger partial charge is 0.326 e. The molecule has 0 saturated heterocycles. The van der Waals surface area contributed by atoms with Gasteiger partial charge in [0.25, 0.3) is 0 Å². The van der Waals surface area contributed by atoms with Gasteiger partial charge in [-0.05, 0) is 61.9 Å². The SMILES string of the molecule is C[C@H](NC(=O)CBr)C(=O)N[C@H](C)C(=O)N[C@@H](CC(=O)O)C(=O)N[C@@H](CCN(C(=O)CO)[C@@H](c1cc(-c2cc(F)ccc2F)cn1Cc1ccccc1)C(C)(C)C)C(=O)NCCC(=O)N[C@H](CCC(=O)O)C(=O)O. The van der Waals surface area contributed by atoms with Crippen LogP contribution in [0.15, 0.2) is 60.8 Å². The Morgan fingerprint density at radius 1 is 0.712 bits per heavy atom. The highest BCUT2D eigenvalue weighted by molar-refractivity contribution is 9.09. The number of hydrogen-bond donors (Lipinski definition) is 10. The number of rotatable bonds is 28. The average molecular weight is 1090 g/mol. The number of nitrogens with one attached hydrogen (secondary N) is 6. The minimum absolute atomic E-state index is 0.0965. The molecule has 0 aliphatic heterocycles. The van der Waals surface area contributed by atoms with Crippen LogP contribution in [0.25, 0.3) is 11.1 Å². The van der Waals surface area contributed by atoms with Crippen molar-refractivity contribution in [1.29, 1.82) is 0 Å². The summed E-state index contributed by atoms with van der Waals surface area (Å²) in [7, 11) is 0. The van der Waals surface area contributed by atoms with Crippen molar-refractivity contribution in [3.8, 4) is 11.1 Å². The molecule has 25 heteroatoms. The third kappa shape index (κ3) is 19.0. The molecular weight excluding hydrogens is 1030 g/mol. The Morgan fingerprint density at radius 2 is 1.34 bits per heavy atom.